The zero-order chi connectivity index (χ0) is 11.7. The minimum absolute atomic E-state index is 0.270. The molecule has 1 unspecified atom stereocenters. The smallest absolute Gasteiger partial charge is 0.0858 e. The van der Waals surface area contributed by atoms with Gasteiger partial charge in [-0.1, -0.05) is 23.2 Å². The molecule has 0 radical (unpaired) electrons. The van der Waals surface area contributed by atoms with Crippen molar-refractivity contribution >= 4 is 62.1 Å². The molecule has 0 saturated heterocycles. The first-order valence-electron chi connectivity index (χ1n) is 4.41. The van der Waals surface area contributed by atoms with E-state index in [2.05, 4.69) is 15.9 Å². The molecule has 2 aromatic rings. The normalized spacial score (nSPS) is 12.8. The molecular weight excluding hydrogens is 350 g/mol. The number of alkyl halides is 1. The van der Waals surface area contributed by atoms with Crippen LogP contribution in [0.25, 0.3) is 0 Å². The molecular formula is C11H6BrCl3S. The van der Waals surface area contributed by atoms with Crippen molar-refractivity contribution < 1.29 is 0 Å². The molecule has 1 aromatic heterocycles. The summed E-state index contributed by atoms with van der Waals surface area (Å²) in [5.74, 6) is 0. The molecule has 5 heteroatoms. The highest BCUT2D eigenvalue weighted by Gasteiger charge is 2.15. The summed E-state index contributed by atoms with van der Waals surface area (Å²) >= 11 is 23.4. The Balaban J connectivity index is 2.40. The summed E-state index contributed by atoms with van der Waals surface area (Å²) in [6, 6.07) is 7.29. The fourth-order valence-corrected chi connectivity index (χ4v) is 3.39. The average Bonchev–Trinajstić information content (AvgIpc) is 2.67. The summed E-state index contributed by atoms with van der Waals surface area (Å²) in [6.07, 6.45) is 0. The Hall–Kier alpha value is 0.270. The lowest BCUT2D eigenvalue weighted by Gasteiger charge is -2.10. The van der Waals surface area contributed by atoms with Crippen molar-refractivity contribution in [1.82, 2.24) is 0 Å². The number of benzene rings is 1. The molecule has 0 aliphatic rings. The zero-order valence-electron chi connectivity index (χ0n) is 7.88. The van der Waals surface area contributed by atoms with Crippen LogP contribution in [-0.2, 0) is 0 Å². The highest BCUT2D eigenvalue weighted by atomic mass is 79.9. The molecule has 0 nitrogen and oxygen atoms in total. The monoisotopic (exact) mass is 354 g/mol. The number of halogens is 4. The summed E-state index contributed by atoms with van der Waals surface area (Å²) in [6.45, 7) is 0. The van der Waals surface area contributed by atoms with Crippen LogP contribution in [0.2, 0.25) is 10.0 Å². The van der Waals surface area contributed by atoms with E-state index in [4.69, 9.17) is 34.8 Å². The first-order valence-corrected chi connectivity index (χ1v) is 7.27. The maximum absolute atomic E-state index is 6.36. The molecule has 0 spiro atoms. The molecule has 16 heavy (non-hydrogen) atoms. The SMILES string of the molecule is Clc1ccc(Cl)c(C(Cl)c2csc(Br)c2)c1. The van der Waals surface area contributed by atoms with Gasteiger partial charge in [0.2, 0.25) is 0 Å². The molecule has 0 saturated carbocycles. The molecule has 0 amide bonds. The second-order valence-corrected chi connectivity index (χ2v) is 6.78. The Morgan fingerprint density at radius 1 is 1.19 bits per heavy atom. The van der Waals surface area contributed by atoms with Gasteiger partial charge < -0.3 is 0 Å². The molecule has 1 aromatic carbocycles. The first-order chi connectivity index (χ1) is 7.58. The van der Waals surface area contributed by atoms with Crippen LogP contribution < -0.4 is 0 Å². The van der Waals surface area contributed by atoms with Gasteiger partial charge in [0.15, 0.2) is 0 Å². The largest absolute Gasteiger partial charge is 0.136 e. The number of hydrogen-bond donors (Lipinski definition) is 0. The predicted molar refractivity (Wildman–Crippen MR) is 76.2 cm³/mol. The van der Waals surface area contributed by atoms with Crippen molar-refractivity contribution in [2.75, 3.05) is 0 Å². The topological polar surface area (TPSA) is 0 Å². The van der Waals surface area contributed by atoms with Gasteiger partial charge in [0.25, 0.3) is 0 Å². The van der Waals surface area contributed by atoms with Crippen molar-refractivity contribution in [1.29, 1.82) is 0 Å². The molecule has 0 N–H and O–H groups in total. The Kier molecular flexibility index (Phi) is 4.20. The average molecular weight is 356 g/mol. The van der Waals surface area contributed by atoms with Gasteiger partial charge in [0.05, 0.1) is 9.16 Å². The van der Waals surface area contributed by atoms with Crippen LogP contribution in [0.3, 0.4) is 0 Å². The van der Waals surface area contributed by atoms with Gasteiger partial charge in [-0.05, 0) is 56.7 Å². The van der Waals surface area contributed by atoms with Crippen molar-refractivity contribution in [2.45, 2.75) is 5.38 Å². The fraction of sp³-hybridized carbons (Fsp3) is 0.0909. The third kappa shape index (κ3) is 2.74. The van der Waals surface area contributed by atoms with E-state index in [-0.39, 0.29) is 5.38 Å². The van der Waals surface area contributed by atoms with E-state index in [0.717, 1.165) is 14.9 Å². The lowest BCUT2D eigenvalue weighted by atomic mass is 10.1. The van der Waals surface area contributed by atoms with Crippen molar-refractivity contribution in [3.63, 3.8) is 0 Å². The van der Waals surface area contributed by atoms with E-state index < -0.39 is 0 Å². The molecule has 0 aliphatic heterocycles. The summed E-state index contributed by atoms with van der Waals surface area (Å²) in [4.78, 5) is 0. The summed E-state index contributed by atoms with van der Waals surface area (Å²) in [5.41, 5.74) is 1.85. The van der Waals surface area contributed by atoms with Crippen molar-refractivity contribution in [3.8, 4) is 0 Å². The minimum Gasteiger partial charge on any atom is -0.136 e. The second kappa shape index (κ2) is 5.28. The van der Waals surface area contributed by atoms with Crippen LogP contribution >= 0.6 is 62.1 Å². The maximum Gasteiger partial charge on any atom is 0.0858 e. The minimum atomic E-state index is -0.270. The Labute approximate surface area is 121 Å². The van der Waals surface area contributed by atoms with E-state index in [1.807, 2.05) is 11.4 Å². The van der Waals surface area contributed by atoms with Crippen LogP contribution in [0.1, 0.15) is 16.5 Å². The Morgan fingerprint density at radius 2 is 1.94 bits per heavy atom. The van der Waals surface area contributed by atoms with Crippen LogP contribution in [0.5, 0.6) is 0 Å². The number of rotatable bonds is 2. The van der Waals surface area contributed by atoms with Gasteiger partial charge in [0, 0.05) is 10.0 Å². The quantitative estimate of drug-likeness (QED) is 0.567. The van der Waals surface area contributed by atoms with E-state index >= 15 is 0 Å². The zero-order valence-corrected chi connectivity index (χ0v) is 12.6. The third-order valence-electron chi connectivity index (χ3n) is 2.11. The fourth-order valence-electron chi connectivity index (χ4n) is 1.34. The van der Waals surface area contributed by atoms with Crippen LogP contribution in [0.15, 0.2) is 33.4 Å². The lowest BCUT2D eigenvalue weighted by molar-refractivity contribution is 1.15. The Morgan fingerprint density at radius 3 is 2.56 bits per heavy atom. The van der Waals surface area contributed by atoms with Gasteiger partial charge >= 0.3 is 0 Å². The van der Waals surface area contributed by atoms with E-state index in [1.54, 1.807) is 29.5 Å². The second-order valence-electron chi connectivity index (χ2n) is 3.21. The van der Waals surface area contributed by atoms with Gasteiger partial charge in [-0.2, -0.15) is 0 Å². The highest BCUT2D eigenvalue weighted by Crippen LogP contribution is 2.37. The highest BCUT2D eigenvalue weighted by molar-refractivity contribution is 9.11. The Bertz CT molecular complexity index is 510. The summed E-state index contributed by atoms with van der Waals surface area (Å²) < 4.78 is 1.05. The molecule has 2 rings (SSSR count). The van der Waals surface area contributed by atoms with Gasteiger partial charge in [-0.3, -0.25) is 0 Å². The first kappa shape index (κ1) is 12.7. The molecule has 0 bridgehead atoms. The number of thiophene rings is 1. The predicted octanol–water partition coefficient (Wildman–Crippen LogP) is 6.15. The van der Waals surface area contributed by atoms with E-state index in [9.17, 15) is 0 Å². The maximum atomic E-state index is 6.36. The van der Waals surface area contributed by atoms with Gasteiger partial charge in [-0.15, -0.1) is 22.9 Å². The standard InChI is InChI=1S/C11H6BrCl3S/c12-10-3-6(5-16-10)11(15)8-4-7(13)1-2-9(8)14/h1-5,11H. The number of hydrogen-bond acceptors (Lipinski definition) is 1. The molecule has 0 aliphatic carbocycles. The lowest BCUT2D eigenvalue weighted by Crippen LogP contribution is -1.92. The van der Waals surface area contributed by atoms with Crippen LogP contribution in [-0.4, -0.2) is 0 Å². The van der Waals surface area contributed by atoms with Crippen LogP contribution in [0, 0.1) is 0 Å². The van der Waals surface area contributed by atoms with Crippen molar-refractivity contribution in [3.05, 3.63) is 54.6 Å². The van der Waals surface area contributed by atoms with Gasteiger partial charge in [0.1, 0.15) is 0 Å². The molecule has 84 valence electrons. The van der Waals surface area contributed by atoms with Gasteiger partial charge in [-0.25, -0.2) is 0 Å². The summed E-state index contributed by atoms with van der Waals surface area (Å²) in [7, 11) is 0. The molecule has 1 heterocycles. The van der Waals surface area contributed by atoms with E-state index in [0.29, 0.717) is 10.0 Å². The van der Waals surface area contributed by atoms with E-state index in [1.165, 1.54) is 0 Å². The molecule has 0 fully saturated rings. The van der Waals surface area contributed by atoms with Crippen molar-refractivity contribution in [2.24, 2.45) is 0 Å². The van der Waals surface area contributed by atoms with Crippen LogP contribution in [0.4, 0.5) is 0 Å². The summed E-state index contributed by atoms with van der Waals surface area (Å²) in [5, 5.41) is 3.00. The third-order valence-corrected chi connectivity index (χ3v) is 4.70. The molecule has 1 atom stereocenters.